The zero-order valence-electron chi connectivity index (χ0n) is 12.2. The van der Waals surface area contributed by atoms with Crippen molar-refractivity contribution < 1.29 is 13.2 Å². The van der Waals surface area contributed by atoms with Crippen LogP contribution in [0.3, 0.4) is 0 Å². The Hall–Kier alpha value is -1.98. The number of benzene rings is 1. The van der Waals surface area contributed by atoms with Crippen LogP contribution in [-0.4, -0.2) is 9.55 Å². The molecule has 0 saturated heterocycles. The van der Waals surface area contributed by atoms with Gasteiger partial charge >= 0.3 is 6.18 Å². The highest BCUT2D eigenvalue weighted by Crippen LogP contribution is 2.32. The molecule has 0 saturated carbocycles. The molecule has 21 heavy (non-hydrogen) atoms. The van der Waals surface area contributed by atoms with Gasteiger partial charge in [-0.1, -0.05) is 6.07 Å². The van der Waals surface area contributed by atoms with E-state index in [2.05, 4.69) is 10.3 Å². The topological polar surface area (TPSA) is 29.9 Å². The van der Waals surface area contributed by atoms with Gasteiger partial charge in [0.15, 0.2) is 0 Å². The molecule has 0 radical (unpaired) electrons. The van der Waals surface area contributed by atoms with E-state index < -0.39 is 11.7 Å². The van der Waals surface area contributed by atoms with Crippen molar-refractivity contribution in [3.05, 3.63) is 47.5 Å². The van der Waals surface area contributed by atoms with Gasteiger partial charge in [-0.2, -0.15) is 13.2 Å². The highest BCUT2D eigenvalue weighted by atomic mass is 19.4. The molecule has 0 fully saturated rings. The fraction of sp³-hybridized carbons (Fsp3) is 0.400. The van der Waals surface area contributed by atoms with Gasteiger partial charge in [0, 0.05) is 17.9 Å². The van der Waals surface area contributed by atoms with E-state index in [0.717, 1.165) is 23.4 Å². The van der Waals surface area contributed by atoms with Crippen LogP contribution in [0.25, 0.3) is 0 Å². The third kappa shape index (κ3) is 3.56. The van der Waals surface area contributed by atoms with Crippen molar-refractivity contribution in [3.63, 3.8) is 0 Å². The number of rotatable bonds is 4. The van der Waals surface area contributed by atoms with Gasteiger partial charge in [0.1, 0.15) is 0 Å². The first-order chi connectivity index (χ1) is 9.79. The molecular weight excluding hydrogens is 279 g/mol. The van der Waals surface area contributed by atoms with Crippen LogP contribution < -0.4 is 5.32 Å². The van der Waals surface area contributed by atoms with Gasteiger partial charge in [-0.25, -0.2) is 4.98 Å². The molecule has 2 aromatic rings. The lowest BCUT2D eigenvalue weighted by atomic mass is 10.1. The summed E-state index contributed by atoms with van der Waals surface area (Å²) in [4.78, 5) is 4.08. The van der Waals surface area contributed by atoms with E-state index in [-0.39, 0.29) is 6.04 Å². The minimum Gasteiger partial charge on any atom is -0.379 e. The SMILES string of the molecule is Cc1ccc(C(F)(F)F)cc1NCc1cncn1C(C)C. The summed E-state index contributed by atoms with van der Waals surface area (Å²) >= 11 is 0. The van der Waals surface area contributed by atoms with Gasteiger partial charge in [-0.05, 0) is 38.5 Å². The number of halogens is 3. The number of aromatic nitrogens is 2. The van der Waals surface area contributed by atoms with E-state index in [4.69, 9.17) is 0 Å². The van der Waals surface area contributed by atoms with E-state index in [1.54, 1.807) is 19.4 Å². The van der Waals surface area contributed by atoms with Gasteiger partial charge in [0.2, 0.25) is 0 Å². The van der Waals surface area contributed by atoms with Crippen LogP contribution in [-0.2, 0) is 12.7 Å². The van der Waals surface area contributed by atoms with Crippen LogP contribution in [0.1, 0.15) is 36.7 Å². The number of alkyl halides is 3. The molecule has 0 aliphatic rings. The molecule has 1 heterocycles. The second-order valence-electron chi connectivity index (χ2n) is 5.27. The highest BCUT2D eigenvalue weighted by molar-refractivity contribution is 5.53. The fourth-order valence-electron chi connectivity index (χ4n) is 2.11. The number of anilines is 1. The number of imidazole rings is 1. The number of hydrogen-bond donors (Lipinski definition) is 1. The van der Waals surface area contributed by atoms with Gasteiger partial charge in [0.05, 0.1) is 24.1 Å². The first-order valence-electron chi connectivity index (χ1n) is 6.71. The first kappa shape index (κ1) is 15.4. The van der Waals surface area contributed by atoms with Crippen LogP contribution in [0.5, 0.6) is 0 Å². The molecule has 0 bridgehead atoms. The Morgan fingerprint density at radius 3 is 2.62 bits per heavy atom. The summed E-state index contributed by atoms with van der Waals surface area (Å²) in [7, 11) is 0. The van der Waals surface area contributed by atoms with E-state index in [9.17, 15) is 13.2 Å². The molecule has 0 spiro atoms. The smallest absolute Gasteiger partial charge is 0.379 e. The third-order valence-corrected chi connectivity index (χ3v) is 3.33. The molecule has 6 heteroatoms. The van der Waals surface area contributed by atoms with Crippen LogP contribution >= 0.6 is 0 Å². The Morgan fingerprint density at radius 2 is 2.00 bits per heavy atom. The predicted molar refractivity (Wildman–Crippen MR) is 76.1 cm³/mol. The fourth-order valence-corrected chi connectivity index (χ4v) is 2.11. The lowest BCUT2D eigenvalue weighted by Gasteiger charge is -2.15. The average Bonchev–Trinajstić information content (AvgIpc) is 2.85. The van der Waals surface area contributed by atoms with Crippen molar-refractivity contribution >= 4 is 5.69 Å². The zero-order valence-corrected chi connectivity index (χ0v) is 12.2. The average molecular weight is 297 g/mol. The van der Waals surface area contributed by atoms with Gasteiger partial charge < -0.3 is 9.88 Å². The third-order valence-electron chi connectivity index (χ3n) is 3.33. The zero-order chi connectivity index (χ0) is 15.6. The van der Waals surface area contributed by atoms with E-state index in [0.29, 0.717) is 12.2 Å². The second-order valence-corrected chi connectivity index (χ2v) is 5.27. The summed E-state index contributed by atoms with van der Waals surface area (Å²) in [5, 5.41) is 3.06. The van der Waals surface area contributed by atoms with Crippen molar-refractivity contribution in [1.29, 1.82) is 0 Å². The van der Waals surface area contributed by atoms with Gasteiger partial charge in [-0.3, -0.25) is 0 Å². The molecule has 0 aliphatic carbocycles. The normalized spacial score (nSPS) is 12.0. The maximum atomic E-state index is 12.7. The summed E-state index contributed by atoms with van der Waals surface area (Å²) < 4.78 is 40.2. The maximum absolute atomic E-state index is 12.7. The molecule has 0 unspecified atom stereocenters. The minimum atomic E-state index is -4.33. The lowest BCUT2D eigenvalue weighted by molar-refractivity contribution is -0.137. The Balaban J connectivity index is 2.18. The lowest BCUT2D eigenvalue weighted by Crippen LogP contribution is -2.11. The van der Waals surface area contributed by atoms with E-state index in [1.807, 2.05) is 18.4 Å². The van der Waals surface area contributed by atoms with Crippen molar-refractivity contribution in [1.82, 2.24) is 9.55 Å². The quantitative estimate of drug-likeness (QED) is 0.906. The Labute approximate surface area is 121 Å². The molecule has 0 atom stereocenters. The predicted octanol–water partition coefficient (Wildman–Crippen LogP) is 4.40. The number of nitrogens with one attached hydrogen (secondary N) is 1. The molecule has 2 rings (SSSR count). The van der Waals surface area contributed by atoms with Crippen molar-refractivity contribution in [2.24, 2.45) is 0 Å². The number of aryl methyl sites for hydroxylation is 1. The molecule has 1 N–H and O–H groups in total. The van der Waals surface area contributed by atoms with E-state index >= 15 is 0 Å². The monoisotopic (exact) mass is 297 g/mol. The highest BCUT2D eigenvalue weighted by Gasteiger charge is 2.30. The van der Waals surface area contributed by atoms with Crippen LogP contribution in [0.15, 0.2) is 30.7 Å². The Kier molecular flexibility index (Phi) is 4.25. The summed E-state index contributed by atoms with van der Waals surface area (Å²) in [5.74, 6) is 0. The summed E-state index contributed by atoms with van der Waals surface area (Å²) in [6.45, 7) is 6.27. The molecular formula is C15H18F3N3. The van der Waals surface area contributed by atoms with Gasteiger partial charge in [-0.15, -0.1) is 0 Å². The molecule has 0 aliphatic heterocycles. The molecule has 114 valence electrons. The molecule has 1 aromatic carbocycles. The minimum absolute atomic E-state index is 0.256. The van der Waals surface area contributed by atoms with Crippen molar-refractivity contribution in [2.75, 3.05) is 5.32 Å². The van der Waals surface area contributed by atoms with Crippen LogP contribution in [0.2, 0.25) is 0 Å². The van der Waals surface area contributed by atoms with Crippen LogP contribution in [0, 0.1) is 6.92 Å². The maximum Gasteiger partial charge on any atom is 0.416 e. The standard InChI is InChI=1S/C15H18F3N3/c1-10(2)21-9-19-7-13(21)8-20-14-6-12(15(16,17)18)5-4-11(14)3/h4-7,9-10,20H,8H2,1-3H3. The van der Waals surface area contributed by atoms with Gasteiger partial charge in [0.25, 0.3) is 0 Å². The molecule has 3 nitrogen and oxygen atoms in total. The van der Waals surface area contributed by atoms with Crippen molar-refractivity contribution in [3.8, 4) is 0 Å². The summed E-state index contributed by atoms with van der Waals surface area (Å²) in [5.41, 5.74) is 1.55. The van der Waals surface area contributed by atoms with Crippen LogP contribution in [0.4, 0.5) is 18.9 Å². The number of hydrogen-bond acceptors (Lipinski definition) is 2. The first-order valence-corrected chi connectivity index (χ1v) is 6.71. The van der Waals surface area contributed by atoms with E-state index in [1.165, 1.54) is 6.07 Å². The molecule has 0 amide bonds. The largest absolute Gasteiger partial charge is 0.416 e. The summed E-state index contributed by atoms with van der Waals surface area (Å²) in [6, 6.07) is 3.97. The Bertz CT molecular complexity index is 615. The Morgan fingerprint density at radius 1 is 1.29 bits per heavy atom. The second kappa shape index (κ2) is 5.79. The van der Waals surface area contributed by atoms with Crippen molar-refractivity contribution in [2.45, 2.75) is 39.5 Å². The molecule has 1 aromatic heterocycles. The number of nitrogens with zero attached hydrogens (tertiary/aromatic N) is 2. The summed E-state index contributed by atoms with van der Waals surface area (Å²) in [6.07, 6.45) is -0.888.